The Bertz CT molecular complexity index is 106. The molecule has 0 aliphatic carbocycles. The van der Waals surface area contributed by atoms with Crippen LogP contribution >= 0.6 is 9.42 Å². The molecule has 0 bridgehead atoms. The topological polar surface area (TPSA) is 51.4 Å². The number of rotatable bonds is 1. The molecule has 10 heavy (non-hydrogen) atoms. The number of carboxylic acids is 1. The van der Waals surface area contributed by atoms with Gasteiger partial charge < -0.3 is 10.4 Å². The molecule has 1 heterocycles. The number of nitrogens with zero attached hydrogens (tertiary/aromatic N) is 1. The maximum absolute atomic E-state index is 10.1. The van der Waals surface area contributed by atoms with Crippen molar-refractivity contribution in [1.82, 2.24) is 0 Å². The minimum atomic E-state index is -0.775. The van der Waals surface area contributed by atoms with Crippen LogP contribution in [-0.2, 0) is 23.6 Å². The van der Waals surface area contributed by atoms with Crippen LogP contribution in [0, 0.1) is 0 Å². The maximum atomic E-state index is 10.1. The third kappa shape index (κ3) is 3.55. The van der Waals surface area contributed by atoms with Gasteiger partial charge in [-0.05, 0) is 6.04 Å². The SMILES string of the molecule is O=C(O)C1CCC[N-]1.[Cl][Pt+]. The molecule has 0 spiro atoms. The van der Waals surface area contributed by atoms with Crippen molar-refractivity contribution in [1.29, 1.82) is 0 Å². The molecule has 1 aliphatic rings. The van der Waals surface area contributed by atoms with Gasteiger partial charge in [0.2, 0.25) is 0 Å². The molecule has 1 saturated heterocycles. The third-order valence-corrected chi connectivity index (χ3v) is 1.27. The Morgan fingerprint density at radius 1 is 1.70 bits per heavy atom. The Morgan fingerprint density at radius 3 is 2.50 bits per heavy atom. The van der Waals surface area contributed by atoms with E-state index in [1.54, 1.807) is 18.8 Å². The quantitative estimate of drug-likeness (QED) is 0.779. The Hall–Kier alpha value is 0.408. The molecule has 3 nitrogen and oxygen atoms in total. The number of halogens is 1. The van der Waals surface area contributed by atoms with Crippen LogP contribution in [0.3, 0.4) is 0 Å². The van der Waals surface area contributed by atoms with E-state index < -0.39 is 12.0 Å². The van der Waals surface area contributed by atoms with Gasteiger partial charge in [-0.2, -0.15) is 0 Å². The molecule has 62 valence electrons. The van der Waals surface area contributed by atoms with Gasteiger partial charge in [0.1, 0.15) is 0 Å². The normalized spacial score (nSPS) is 23.3. The monoisotopic (exact) mass is 344 g/mol. The fraction of sp³-hybridized carbons (Fsp3) is 0.800. The molecule has 0 aromatic rings. The van der Waals surface area contributed by atoms with Gasteiger partial charge in [-0.25, -0.2) is 0 Å². The van der Waals surface area contributed by atoms with Crippen molar-refractivity contribution in [2.75, 3.05) is 6.54 Å². The third-order valence-electron chi connectivity index (χ3n) is 1.27. The minimum absolute atomic E-state index is 0.394. The summed E-state index contributed by atoms with van der Waals surface area (Å²) >= 11 is 1.61. The molecule has 0 saturated carbocycles. The molecule has 1 atom stereocenters. The molecular formula is C5H8ClNO2Pt. The molecular weight excluding hydrogens is 337 g/mol. The zero-order chi connectivity index (χ0) is 7.98. The molecule has 1 aliphatic heterocycles. The van der Waals surface area contributed by atoms with Gasteiger partial charge >= 0.3 is 28.2 Å². The molecule has 5 heteroatoms. The van der Waals surface area contributed by atoms with E-state index in [1.165, 1.54) is 0 Å². The van der Waals surface area contributed by atoms with E-state index in [1.807, 2.05) is 0 Å². The number of carboxylic acid groups (broad SMARTS) is 1. The molecule has 0 radical (unpaired) electrons. The van der Waals surface area contributed by atoms with Crippen molar-refractivity contribution in [2.24, 2.45) is 0 Å². The summed E-state index contributed by atoms with van der Waals surface area (Å²) < 4.78 is 0. The fourth-order valence-electron chi connectivity index (χ4n) is 0.825. The van der Waals surface area contributed by atoms with E-state index in [9.17, 15) is 4.79 Å². The average molecular weight is 345 g/mol. The van der Waals surface area contributed by atoms with E-state index in [0.717, 1.165) is 19.4 Å². The number of hydrogen-bond donors (Lipinski definition) is 1. The second-order valence-corrected chi connectivity index (χ2v) is 1.90. The number of carbonyl (C=O) groups is 1. The van der Waals surface area contributed by atoms with Gasteiger partial charge in [-0.15, -0.1) is 6.54 Å². The van der Waals surface area contributed by atoms with Crippen LogP contribution < -0.4 is 0 Å². The van der Waals surface area contributed by atoms with Crippen LogP contribution in [0.1, 0.15) is 12.8 Å². The average Bonchev–Trinajstić information content (AvgIpc) is 2.42. The van der Waals surface area contributed by atoms with Gasteiger partial charge in [-0.1, -0.05) is 12.8 Å². The predicted molar refractivity (Wildman–Crippen MR) is 34.7 cm³/mol. The Balaban J connectivity index is 0.000000371. The molecule has 1 unspecified atom stereocenters. The molecule has 1 rings (SSSR count). The van der Waals surface area contributed by atoms with E-state index in [4.69, 9.17) is 5.11 Å². The van der Waals surface area contributed by atoms with Crippen LogP contribution in [0.25, 0.3) is 5.32 Å². The Labute approximate surface area is 75.0 Å². The first-order valence-electron chi connectivity index (χ1n) is 2.82. The number of aliphatic carboxylic acids is 1. The summed E-state index contributed by atoms with van der Waals surface area (Å²) in [5.74, 6) is -0.775. The standard InChI is InChI=1S/C5H8NO2.ClH.Pt/c7-5(8)4-2-1-3-6-4;;/h4H,1-3H2,(H,7,8);1H;/q-1;;+2/p-1. The molecule has 0 aromatic carbocycles. The van der Waals surface area contributed by atoms with Crippen molar-refractivity contribution < 1.29 is 28.7 Å². The van der Waals surface area contributed by atoms with Gasteiger partial charge in [0.15, 0.2) is 0 Å². The van der Waals surface area contributed by atoms with Crippen molar-refractivity contribution >= 4 is 15.4 Å². The van der Waals surface area contributed by atoms with Crippen LogP contribution in [-0.4, -0.2) is 23.7 Å². The molecule has 0 aromatic heterocycles. The van der Waals surface area contributed by atoms with Gasteiger partial charge in [0, 0.05) is 0 Å². The van der Waals surface area contributed by atoms with Gasteiger partial charge in [0.05, 0.1) is 0 Å². The molecule has 1 N–H and O–H groups in total. The first-order chi connectivity index (χ1) is 4.80. The summed E-state index contributed by atoms with van der Waals surface area (Å²) in [6.45, 7) is 0.733. The first-order valence-corrected chi connectivity index (χ1v) is 5.63. The van der Waals surface area contributed by atoms with Crippen molar-refractivity contribution in [3.05, 3.63) is 5.32 Å². The summed E-state index contributed by atoms with van der Waals surface area (Å²) in [6.07, 6.45) is 1.67. The first kappa shape index (κ1) is 10.4. The zero-order valence-corrected chi connectivity index (χ0v) is 8.22. The van der Waals surface area contributed by atoms with Crippen molar-refractivity contribution in [3.8, 4) is 0 Å². The van der Waals surface area contributed by atoms with E-state index >= 15 is 0 Å². The van der Waals surface area contributed by atoms with Gasteiger partial charge in [0.25, 0.3) is 5.97 Å². The Kier molecular flexibility index (Phi) is 6.39. The van der Waals surface area contributed by atoms with Crippen LogP contribution in [0.2, 0.25) is 0 Å². The zero-order valence-electron chi connectivity index (χ0n) is 5.20. The van der Waals surface area contributed by atoms with E-state index in [-0.39, 0.29) is 0 Å². The summed E-state index contributed by atoms with van der Waals surface area (Å²) in [7, 11) is 4.61. The van der Waals surface area contributed by atoms with Crippen LogP contribution in [0.5, 0.6) is 0 Å². The van der Waals surface area contributed by atoms with Crippen LogP contribution in [0.4, 0.5) is 0 Å². The molecule has 0 amide bonds. The van der Waals surface area contributed by atoms with E-state index in [2.05, 4.69) is 14.7 Å². The summed E-state index contributed by atoms with van der Waals surface area (Å²) in [4.78, 5) is 10.1. The fourth-order valence-corrected chi connectivity index (χ4v) is 0.825. The summed E-state index contributed by atoms with van der Waals surface area (Å²) in [5.41, 5.74) is 0. The summed E-state index contributed by atoms with van der Waals surface area (Å²) in [6, 6.07) is -0.394. The van der Waals surface area contributed by atoms with E-state index in [0.29, 0.717) is 0 Å². The van der Waals surface area contributed by atoms with Gasteiger partial charge in [-0.3, -0.25) is 4.79 Å². The Morgan fingerprint density at radius 2 is 2.30 bits per heavy atom. The second kappa shape index (κ2) is 6.14. The van der Waals surface area contributed by atoms with Crippen LogP contribution in [0.15, 0.2) is 0 Å². The second-order valence-electron chi connectivity index (χ2n) is 1.90. The predicted octanol–water partition coefficient (Wildman–Crippen LogP) is 1.29. The summed E-state index contributed by atoms with van der Waals surface area (Å²) in [5, 5.41) is 12.2. The molecule has 1 fully saturated rings. The van der Waals surface area contributed by atoms with Crippen molar-refractivity contribution in [3.63, 3.8) is 0 Å². The van der Waals surface area contributed by atoms with Crippen molar-refractivity contribution in [2.45, 2.75) is 18.9 Å². The number of hydrogen-bond acceptors (Lipinski definition) is 1.